The molecule has 8 heteroatoms. The molecule has 4 rings (SSSR count). The summed E-state index contributed by atoms with van der Waals surface area (Å²) in [5.41, 5.74) is 3.69. The normalized spacial score (nSPS) is 10.8. The number of carbonyl (C=O) groups excluding carboxylic acids is 1. The first kappa shape index (κ1) is 25.6. The number of hydrogen-bond acceptors (Lipinski definition) is 5. The predicted molar refractivity (Wildman–Crippen MR) is 141 cm³/mol. The minimum atomic E-state index is -0.412. The molecule has 0 amide bonds. The highest BCUT2D eigenvalue weighted by Crippen LogP contribution is 2.34. The van der Waals surface area contributed by atoms with Gasteiger partial charge in [0.1, 0.15) is 30.4 Å². The van der Waals surface area contributed by atoms with Gasteiger partial charge in [0, 0.05) is 28.2 Å². The largest absolute Gasteiger partial charge is 0.489 e. The van der Waals surface area contributed by atoms with Crippen LogP contribution in [0.3, 0.4) is 0 Å². The van der Waals surface area contributed by atoms with E-state index in [0.29, 0.717) is 52.7 Å². The number of esters is 1. The van der Waals surface area contributed by atoms with Gasteiger partial charge in [0.2, 0.25) is 0 Å². The lowest BCUT2D eigenvalue weighted by molar-refractivity contribution is 0.0512. The Labute approximate surface area is 220 Å². The molecule has 0 saturated carbocycles. The van der Waals surface area contributed by atoms with Crippen LogP contribution >= 0.6 is 23.2 Å². The van der Waals surface area contributed by atoms with Crippen molar-refractivity contribution in [1.82, 2.24) is 9.78 Å². The molecule has 0 aliphatic heterocycles. The topological polar surface area (TPSA) is 62.6 Å². The Morgan fingerprint density at radius 1 is 0.833 bits per heavy atom. The highest BCUT2D eigenvalue weighted by atomic mass is 35.5. The zero-order valence-corrected chi connectivity index (χ0v) is 21.6. The van der Waals surface area contributed by atoms with Gasteiger partial charge in [-0.05, 0) is 67.4 Å². The minimum Gasteiger partial charge on any atom is -0.489 e. The second-order valence-corrected chi connectivity index (χ2v) is 8.81. The van der Waals surface area contributed by atoms with E-state index in [0.717, 1.165) is 16.7 Å². The van der Waals surface area contributed by atoms with E-state index in [-0.39, 0.29) is 6.61 Å². The van der Waals surface area contributed by atoms with E-state index in [9.17, 15) is 4.79 Å². The van der Waals surface area contributed by atoms with Crippen LogP contribution in [0.5, 0.6) is 11.5 Å². The summed E-state index contributed by atoms with van der Waals surface area (Å²) in [6, 6.07) is 22.2. The molecule has 4 aromatic rings. The van der Waals surface area contributed by atoms with E-state index in [1.807, 2.05) is 73.7 Å². The molecule has 186 valence electrons. The maximum atomic E-state index is 12.4. The molecule has 0 fully saturated rings. The smallest absolute Gasteiger partial charge is 0.356 e. The number of halogens is 2. The first-order valence-corrected chi connectivity index (χ1v) is 12.4. The Balaban J connectivity index is 1.63. The van der Waals surface area contributed by atoms with Gasteiger partial charge in [-0.15, -0.1) is 0 Å². The van der Waals surface area contributed by atoms with Gasteiger partial charge in [0.05, 0.1) is 12.3 Å². The van der Waals surface area contributed by atoms with Crippen LogP contribution in [0.1, 0.15) is 35.5 Å². The average Bonchev–Trinajstić information content (AvgIpc) is 3.33. The van der Waals surface area contributed by atoms with Crippen molar-refractivity contribution < 1.29 is 19.0 Å². The summed E-state index contributed by atoms with van der Waals surface area (Å²) >= 11 is 12.0. The fourth-order valence-corrected chi connectivity index (χ4v) is 3.82. The lowest BCUT2D eigenvalue weighted by atomic mass is 10.1. The molecule has 0 N–H and O–H groups in total. The van der Waals surface area contributed by atoms with E-state index < -0.39 is 5.97 Å². The Kier molecular flexibility index (Phi) is 8.52. The van der Waals surface area contributed by atoms with Crippen LogP contribution in [-0.4, -0.2) is 22.4 Å². The zero-order valence-electron chi connectivity index (χ0n) is 20.0. The van der Waals surface area contributed by atoms with E-state index in [4.69, 9.17) is 37.4 Å². The maximum absolute atomic E-state index is 12.4. The molecule has 0 radical (unpaired) electrons. The van der Waals surface area contributed by atoms with Crippen molar-refractivity contribution in [3.63, 3.8) is 0 Å². The van der Waals surface area contributed by atoms with Crippen molar-refractivity contribution >= 4 is 29.2 Å². The molecule has 1 heterocycles. The number of carbonyl (C=O) groups is 1. The van der Waals surface area contributed by atoms with Crippen molar-refractivity contribution in [2.45, 2.75) is 33.6 Å². The number of nitrogens with zero attached hydrogens (tertiary/aromatic N) is 2. The number of rotatable bonds is 10. The molecule has 0 atom stereocenters. The van der Waals surface area contributed by atoms with Crippen molar-refractivity contribution in [3.05, 3.63) is 99.7 Å². The molecule has 0 unspecified atom stereocenters. The predicted octanol–water partition coefficient (Wildman–Crippen LogP) is 7.21. The summed E-state index contributed by atoms with van der Waals surface area (Å²) in [7, 11) is 0. The Bertz CT molecular complexity index is 1320. The third-order valence-corrected chi connectivity index (χ3v) is 5.92. The quantitative estimate of drug-likeness (QED) is 0.205. The van der Waals surface area contributed by atoms with Crippen LogP contribution in [0, 0.1) is 0 Å². The van der Waals surface area contributed by atoms with E-state index in [2.05, 4.69) is 5.10 Å². The molecule has 0 aliphatic rings. The van der Waals surface area contributed by atoms with Gasteiger partial charge < -0.3 is 14.2 Å². The molecule has 0 saturated heterocycles. The Morgan fingerprint density at radius 3 is 2.03 bits per heavy atom. The molecule has 1 aromatic heterocycles. The highest BCUT2D eigenvalue weighted by Gasteiger charge is 2.19. The molecule has 36 heavy (non-hydrogen) atoms. The van der Waals surface area contributed by atoms with E-state index in [1.165, 1.54) is 0 Å². The summed E-state index contributed by atoms with van der Waals surface area (Å²) in [4.78, 5) is 12.4. The van der Waals surface area contributed by atoms with Crippen molar-refractivity contribution in [3.8, 4) is 22.8 Å². The number of benzene rings is 3. The van der Waals surface area contributed by atoms with Crippen LogP contribution in [0.4, 0.5) is 0 Å². The summed E-state index contributed by atoms with van der Waals surface area (Å²) in [5, 5.41) is 5.96. The van der Waals surface area contributed by atoms with Crippen molar-refractivity contribution in [2.75, 3.05) is 6.61 Å². The molecular weight excluding hydrogens is 499 g/mol. The minimum absolute atomic E-state index is 0.290. The Morgan fingerprint density at radius 2 is 1.44 bits per heavy atom. The monoisotopic (exact) mass is 524 g/mol. The molecular formula is C28H26Cl2N2O4. The lowest BCUT2D eigenvalue weighted by Crippen LogP contribution is -2.12. The van der Waals surface area contributed by atoms with E-state index in [1.54, 1.807) is 17.7 Å². The third-order valence-electron chi connectivity index (χ3n) is 5.42. The average molecular weight is 525 g/mol. The summed E-state index contributed by atoms with van der Waals surface area (Å²) in [5.74, 6) is 0.805. The standard InChI is InChI=1S/C28H26Cl2N2O4/c1-3-32-26(28(33)34-4-2)16-25(31-32)24-14-13-23(35-17-19-5-9-21(29)10-6-19)15-27(24)36-18-20-7-11-22(30)12-8-20/h5-16H,3-4,17-18H2,1-2H3. The molecule has 0 bridgehead atoms. The fourth-order valence-electron chi connectivity index (χ4n) is 3.57. The van der Waals surface area contributed by atoms with Crippen LogP contribution < -0.4 is 9.47 Å². The zero-order chi connectivity index (χ0) is 25.5. The van der Waals surface area contributed by atoms with Crippen LogP contribution in [0.2, 0.25) is 10.0 Å². The lowest BCUT2D eigenvalue weighted by Gasteiger charge is -2.13. The van der Waals surface area contributed by atoms with Crippen molar-refractivity contribution in [1.29, 1.82) is 0 Å². The summed E-state index contributed by atoms with van der Waals surface area (Å²) < 4.78 is 19.0. The van der Waals surface area contributed by atoms with Crippen molar-refractivity contribution in [2.24, 2.45) is 0 Å². The van der Waals surface area contributed by atoms with E-state index >= 15 is 0 Å². The number of aryl methyl sites for hydroxylation is 1. The first-order chi connectivity index (χ1) is 17.5. The van der Waals surface area contributed by atoms with Gasteiger partial charge in [-0.1, -0.05) is 47.5 Å². The van der Waals surface area contributed by atoms with Crippen LogP contribution in [0.25, 0.3) is 11.3 Å². The van der Waals surface area contributed by atoms with Gasteiger partial charge in [0.25, 0.3) is 0 Å². The molecule has 0 aliphatic carbocycles. The van der Waals surface area contributed by atoms with Crippen LogP contribution in [0.15, 0.2) is 72.8 Å². The van der Waals surface area contributed by atoms with Gasteiger partial charge in [0.15, 0.2) is 0 Å². The number of hydrogen-bond donors (Lipinski definition) is 0. The van der Waals surface area contributed by atoms with Crippen LogP contribution in [-0.2, 0) is 24.5 Å². The molecule has 6 nitrogen and oxygen atoms in total. The Hall–Kier alpha value is -3.48. The van der Waals surface area contributed by atoms with Gasteiger partial charge in [-0.25, -0.2) is 4.79 Å². The SMILES string of the molecule is CCOC(=O)c1cc(-c2ccc(OCc3ccc(Cl)cc3)cc2OCc2ccc(Cl)cc2)nn1CC. The third kappa shape index (κ3) is 6.39. The first-order valence-electron chi connectivity index (χ1n) is 11.6. The highest BCUT2D eigenvalue weighted by molar-refractivity contribution is 6.30. The number of aromatic nitrogens is 2. The van der Waals surface area contributed by atoms with Gasteiger partial charge >= 0.3 is 5.97 Å². The van der Waals surface area contributed by atoms with Gasteiger partial charge in [-0.3, -0.25) is 4.68 Å². The molecule has 0 spiro atoms. The summed E-state index contributed by atoms with van der Waals surface area (Å²) in [6.45, 7) is 5.21. The number of ether oxygens (including phenoxy) is 3. The van der Waals surface area contributed by atoms with Gasteiger partial charge in [-0.2, -0.15) is 5.10 Å². The second kappa shape index (κ2) is 12.0. The second-order valence-electron chi connectivity index (χ2n) is 7.94. The fraction of sp³-hybridized carbons (Fsp3) is 0.214. The molecule has 3 aromatic carbocycles. The maximum Gasteiger partial charge on any atom is 0.356 e. The summed E-state index contributed by atoms with van der Waals surface area (Å²) in [6.07, 6.45) is 0.